The Balaban J connectivity index is 2.58. The summed E-state index contributed by atoms with van der Waals surface area (Å²) in [5.74, 6) is 5.64. The molecule has 5 heteroatoms. The lowest BCUT2D eigenvalue weighted by atomic mass is 10.2. The zero-order valence-electron chi connectivity index (χ0n) is 9.34. The first-order valence-electron chi connectivity index (χ1n) is 4.93. The van der Waals surface area contributed by atoms with Gasteiger partial charge in [0.25, 0.3) is 0 Å². The van der Waals surface area contributed by atoms with E-state index < -0.39 is 0 Å². The highest BCUT2D eigenvalue weighted by Gasteiger charge is 2.00. The molecule has 1 aromatic carbocycles. The summed E-state index contributed by atoms with van der Waals surface area (Å²) < 4.78 is 0. The predicted molar refractivity (Wildman–Crippen MR) is 71.5 cm³/mol. The van der Waals surface area contributed by atoms with Crippen LogP contribution in [-0.4, -0.2) is 18.9 Å². The number of nitrogens with zero attached hydrogens (tertiary/aromatic N) is 1. The smallest absolute Gasteiger partial charge is 0.177 e. The molecule has 17 heavy (non-hydrogen) atoms. The van der Waals surface area contributed by atoms with Crippen molar-refractivity contribution in [1.29, 1.82) is 0 Å². The Kier molecular flexibility index (Phi) is 5.85. The predicted octanol–water partition coefficient (Wildman–Crippen LogP) is 2.70. The van der Waals surface area contributed by atoms with Gasteiger partial charge in [-0.05, 0) is 19.1 Å². The summed E-state index contributed by atoms with van der Waals surface area (Å²) >= 11 is 11.8. The zero-order chi connectivity index (χ0) is 12.7. The van der Waals surface area contributed by atoms with E-state index in [1.54, 1.807) is 25.1 Å². The van der Waals surface area contributed by atoms with Crippen molar-refractivity contribution in [3.05, 3.63) is 33.8 Å². The molecule has 0 radical (unpaired) electrons. The SMILES string of the molecule is C/C(CN)=N\OCC#Cc1cccc(Cl)c1Cl. The first kappa shape index (κ1) is 13.9. The molecule has 1 rings (SSSR count). The lowest BCUT2D eigenvalue weighted by Gasteiger charge is -1.97. The molecule has 0 atom stereocenters. The van der Waals surface area contributed by atoms with Gasteiger partial charge in [0.1, 0.15) is 0 Å². The molecular weight excluding hydrogens is 259 g/mol. The standard InChI is InChI=1S/C12H12Cl2N2O/c1-9(8-15)16-17-7-3-5-10-4-2-6-11(13)12(10)14/h2,4,6H,7-8,15H2,1H3/b16-9+. The topological polar surface area (TPSA) is 47.6 Å². The maximum absolute atomic E-state index is 5.96. The van der Waals surface area contributed by atoms with Gasteiger partial charge >= 0.3 is 0 Å². The summed E-state index contributed by atoms with van der Waals surface area (Å²) in [4.78, 5) is 4.94. The maximum atomic E-state index is 5.96. The van der Waals surface area contributed by atoms with Gasteiger partial charge in [0.05, 0.1) is 15.8 Å². The summed E-state index contributed by atoms with van der Waals surface area (Å²) in [7, 11) is 0. The Hall–Kier alpha value is -1.21. The van der Waals surface area contributed by atoms with Crippen LogP contribution < -0.4 is 5.73 Å². The highest BCUT2D eigenvalue weighted by atomic mass is 35.5. The number of hydrogen-bond donors (Lipinski definition) is 1. The van der Waals surface area contributed by atoms with Gasteiger partial charge in [0.2, 0.25) is 0 Å². The highest BCUT2D eigenvalue weighted by molar-refractivity contribution is 6.42. The van der Waals surface area contributed by atoms with E-state index in [0.717, 1.165) is 0 Å². The van der Waals surface area contributed by atoms with Gasteiger partial charge in [0, 0.05) is 12.1 Å². The second-order valence-corrected chi connectivity index (χ2v) is 3.99. The van der Waals surface area contributed by atoms with E-state index in [-0.39, 0.29) is 6.61 Å². The summed E-state index contributed by atoms with van der Waals surface area (Å²) in [6.45, 7) is 2.33. The Morgan fingerprint density at radius 2 is 2.24 bits per heavy atom. The van der Waals surface area contributed by atoms with Crippen molar-refractivity contribution in [2.45, 2.75) is 6.92 Å². The van der Waals surface area contributed by atoms with Crippen LogP contribution in [0, 0.1) is 11.8 Å². The second kappa shape index (κ2) is 7.18. The summed E-state index contributed by atoms with van der Waals surface area (Å²) in [6, 6.07) is 5.28. The van der Waals surface area contributed by atoms with Crippen molar-refractivity contribution in [3.8, 4) is 11.8 Å². The van der Waals surface area contributed by atoms with Crippen LogP contribution in [0.2, 0.25) is 10.0 Å². The molecule has 0 unspecified atom stereocenters. The van der Waals surface area contributed by atoms with Crippen LogP contribution in [0.5, 0.6) is 0 Å². The number of oxime groups is 1. The molecule has 3 nitrogen and oxygen atoms in total. The fourth-order valence-electron chi connectivity index (χ4n) is 0.944. The van der Waals surface area contributed by atoms with Gasteiger partial charge in [-0.1, -0.05) is 46.3 Å². The Labute approximate surface area is 111 Å². The molecule has 0 aliphatic carbocycles. The molecule has 0 heterocycles. The Morgan fingerprint density at radius 3 is 2.94 bits per heavy atom. The van der Waals surface area contributed by atoms with Crippen molar-refractivity contribution in [2.75, 3.05) is 13.2 Å². The van der Waals surface area contributed by atoms with Crippen LogP contribution in [0.15, 0.2) is 23.4 Å². The van der Waals surface area contributed by atoms with Gasteiger partial charge < -0.3 is 10.6 Å². The molecule has 0 aliphatic rings. The van der Waals surface area contributed by atoms with Crippen molar-refractivity contribution in [3.63, 3.8) is 0 Å². The molecule has 0 spiro atoms. The number of benzene rings is 1. The molecule has 2 N–H and O–H groups in total. The molecule has 90 valence electrons. The van der Waals surface area contributed by atoms with Gasteiger partial charge in [-0.3, -0.25) is 0 Å². The molecule has 0 saturated carbocycles. The van der Waals surface area contributed by atoms with E-state index in [1.807, 2.05) is 0 Å². The quantitative estimate of drug-likeness (QED) is 0.397. The highest BCUT2D eigenvalue weighted by Crippen LogP contribution is 2.24. The second-order valence-electron chi connectivity index (χ2n) is 3.21. The monoisotopic (exact) mass is 270 g/mol. The first-order valence-corrected chi connectivity index (χ1v) is 5.69. The van der Waals surface area contributed by atoms with Gasteiger partial charge in [-0.2, -0.15) is 0 Å². The van der Waals surface area contributed by atoms with Crippen LogP contribution in [-0.2, 0) is 4.84 Å². The van der Waals surface area contributed by atoms with Crippen molar-refractivity contribution in [1.82, 2.24) is 0 Å². The normalized spacial score (nSPS) is 10.7. The third-order valence-electron chi connectivity index (χ3n) is 1.83. The van der Waals surface area contributed by atoms with E-state index in [4.69, 9.17) is 33.8 Å². The van der Waals surface area contributed by atoms with Crippen LogP contribution in [0.3, 0.4) is 0 Å². The number of rotatable bonds is 3. The third-order valence-corrected chi connectivity index (χ3v) is 2.65. The van der Waals surface area contributed by atoms with E-state index in [0.29, 0.717) is 27.9 Å². The molecule has 0 aromatic heterocycles. The zero-order valence-corrected chi connectivity index (χ0v) is 10.8. The number of halogens is 2. The minimum Gasteiger partial charge on any atom is -0.383 e. The fraction of sp³-hybridized carbons (Fsp3) is 0.250. The van der Waals surface area contributed by atoms with Crippen molar-refractivity contribution < 1.29 is 4.84 Å². The molecule has 0 bridgehead atoms. The minimum atomic E-state index is 0.181. The minimum absolute atomic E-state index is 0.181. The van der Waals surface area contributed by atoms with Crippen molar-refractivity contribution >= 4 is 28.9 Å². The Bertz CT molecular complexity index is 475. The molecule has 0 amide bonds. The molecule has 0 aliphatic heterocycles. The molecular formula is C12H12Cl2N2O. The maximum Gasteiger partial charge on any atom is 0.177 e. The first-order chi connectivity index (χ1) is 8.15. The van der Waals surface area contributed by atoms with Crippen LogP contribution in [0.1, 0.15) is 12.5 Å². The van der Waals surface area contributed by atoms with Crippen LogP contribution in [0.4, 0.5) is 0 Å². The Morgan fingerprint density at radius 1 is 1.47 bits per heavy atom. The number of hydrogen-bond acceptors (Lipinski definition) is 3. The number of nitrogens with two attached hydrogens (primary N) is 1. The van der Waals surface area contributed by atoms with Gasteiger partial charge in [-0.25, -0.2) is 0 Å². The molecule has 0 fully saturated rings. The van der Waals surface area contributed by atoms with Crippen LogP contribution in [0.25, 0.3) is 0 Å². The van der Waals surface area contributed by atoms with E-state index in [9.17, 15) is 0 Å². The lowest BCUT2D eigenvalue weighted by molar-refractivity contribution is 0.179. The summed E-state index contributed by atoms with van der Waals surface area (Å²) in [5, 5.41) is 4.67. The average molecular weight is 271 g/mol. The van der Waals surface area contributed by atoms with E-state index in [1.165, 1.54) is 0 Å². The summed E-state index contributed by atoms with van der Waals surface area (Å²) in [6.07, 6.45) is 0. The van der Waals surface area contributed by atoms with Gasteiger partial charge in [0.15, 0.2) is 6.61 Å². The fourth-order valence-corrected chi connectivity index (χ4v) is 1.29. The summed E-state index contributed by atoms with van der Waals surface area (Å²) in [5.41, 5.74) is 6.72. The molecule has 1 aromatic rings. The van der Waals surface area contributed by atoms with Crippen LogP contribution >= 0.6 is 23.2 Å². The average Bonchev–Trinajstić information content (AvgIpc) is 2.33. The third kappa shape index (κ3) is 4.66. The van der Waals surface area contributed by atoms with Gasteiger partial charge in [-0.15, -0.1) is 0 Å². The lowest BCUT2D eigenvalue weighted by Crippen LogP contribution is -2.09. The molecule has 0 saturated heterocycles. The van der Waals surface area contributed by atoms with E-state index >= 15 is 0 Å². The largest absolute Gasteiger partial charge is 0.383 e. The van der Waals surface area contributed by atoms with Crippen molar-refractivity contribution in [2.24, 2.45) is 10.9 Å². The van der Waals surface area contributed by atoms with E-state index in [2.05, 4.69) is 17.0 Å².